The molecule has 0 radical (unpaired) electrons. The fourth-order valence-electron chi connectivity index (χ4n) is 1.80. The summed E-state index contributed by atoms with van der Waals surface area (Å²) in [5.41, 5.74) is 5.42. The van der Waals surface area contributed by atoms with Gasteiger partial charge in [-0.05, 0) is 32.9 Å². The molecule has 0 rings (SSSR count). The largest absolute Gasteiger partial charge is 0.405 e. The number of halogens is 3. The summed E-state index contributed by atoms with van der Waals surface area (Å²) in [4.78, 5) is 1.44. The first kappa shape index (κ1) is 14.7. The van der Waals surface area contributed by atoms with E-state index in [0.717, 1.165) is 0 Å². The number of hydrogen-bond donors (Lipinski definition) is 1. The number of hydrogen-bond acceptors (Lipinski definition) is 2. The van der Waals surface area contributed by atoms with Crippen molar-refractivity contribution in [1.82, 2.24) is 4.90 Å². The van der Waals surface area contributed by atoms with E-state index in [2.05, 4.69) is 0 Å². The summed E-state index contributed by atoms with van der Waals surface area (Å²) < 4.78 is 38.2. The maximum atomic E-state index is 12.7. The summed E-state index contributed by atoms with van der Waals surface area (Å²) in [5, 5.41) is 0. The van der Waals surface area contributed by atoms with Crippen LogP contribution in [0.1, 0.15) is 33.6 Å². The molecule has 0 aliphatic heterocycles. The van der Waals surface area contributed by atoms with Gasteiger partial charge in [-0.2, -0.15) is 13.2 Å². The average Bonchev–Trinajstić information content (AvgIpc) is 2.01. The van der Waals surface area contributed by atoms with Crippen LogP contribution < -0.4 is 5.73 Å². The molecule has 0 heterocycles. The molecule has 0 aliphatic carbocycles. The monoisotopic (exact) mass is 226 g/mol. The Hall–Kier alpha value is -0.290. The second kappa shape index (κ2) is 6.33. The van der Waals surface area contributed by atoms with Crippen LogP contribution in [0, 0.1) is 0 Å². The topological polar surface area (TPSA) is 29.3 Å². The maximum absolute atomic E-state index is 12.7. The molecular weight excluding hydrogens is 205 g/mol. The van der Waals surface area contributed by atoms with Crippen molar-refractivity contribution in [3.8, 4) is 0 Å². The molecule has 92 valence electrons. The molecule has 0 bridgehead atoms. The molecule has 0 saturated carbocycles. The minimum Gasteiger partial charge on any atom is -0.326 e. The van der Waals surface area contributed by atoms with Crippen LogP contribution in [-0.4, -0.2) is 36.2 Å². The maximum Gasteiger partial charge on any atom is 0.405 e. The van der Waals surface area contributed by atoms with Gasteiger partial charge in [0.05, 0.1) is 0 Å². The molecule has 0 aromatic heterocycles. The molecule has 0 saturated heterocycles. The van der Waals surface area contributed by atoms with Gasteiger partial charge >= 0.3 is 6.18 Å². The van der Waals surface area contributed by atoms with Gasteiger partial charge in [-0.1, -0.05) is 13.8 Å². The van der Waals surface area contributed by atoms with E-state index in [0.29, 0.717) is 25.9 Å². The third-order valence-electron chi connectivity index (χ3n) is 2.25. The fraction of sp³-hybridized carbons (Fsp3) is 1.00. The molecule has 5 heteroatoms. The fourth-order valence-corrected chi connectivity index (χ4v) is 1.80. The van der Waals surface area contributed by atoms with Gasteiger partial charge in [0.25, 0.3) is 0 Å². The number of rotatable bonds is 6. The minimum absolute atomic E-state index is 0.444. The normalized spacial score (nSPS) is 16.8. The van der Waals surface area contributed by atoms with E-state index in [1.807, 2.05) is 13.8 Å². The average molecular weight is 226 g/mol. The standard InChI is InChI=1S/C10H21F3N2/c1-4-6-15(7-5-2)9(8(3)14)10(11,12)13/h8-9H,4-7,14H2,1-3H3. The first-order valence-corrected chi connectivity index (χ1v) is 5.40. The summed E-state index contributed by atoms with van der Waals surface area (Å²) in [5.74, 6) is 0. The lowest BCUT2D eigenvalue weighted by Gasteiger charge is -2.35. The zero-order valence-electron chi connectivity index (χ0n) is 9.64. The van der Waals surface area contributed by atoms with Crippen molar-refractivity contribution in [3.63, 3.8) is 0 Å². The van der Waals surface area contributed by atoms with Crippen molar-refractivity contribution in [1.29, 1.82) is 0 Å². The lowest BCUT2D eigenvalue weighted by Crippen LogP contribution is -2.55. The molecule has 2 atom stereocenters. The van der Waals surface area contributed by atoms with Crippen LogP contribution in [0.25, 0.3) is 0 Å². The van der Waals surface area contributed by atoms with Gasteiger partial charge in [-0.3, -0.25) is 4.90 Å². The van der Waals surface area contributed by atoms with E-state index in [1.54, 1.807) is 0 Å². The van der Waals surface area contributed by atoms with Gasteiger partial charge in [0, 0.05) is 6.04 Å². The number of nitrogens with zero attached hydrogens (tertiary/aromatic N) is 1. The summed E-state index contributed by atoms with van der Waals surface area (Å²) in [6.45, 7) is 6.05. The second-order valence-electron chi connectivity index (χ2n) is 3.88. The van der Waals surface area contributed by atoms with Crippen molar-refractivity contribution in [3.05, 3.63) is 0 Å². The smallest absolute Gasteiger partial charge is 0.326 e. The molecule has 0 aliphatic rings. The lowest BCUT2D eigenvalue weighted by molar-refractivity contribution is -0.188. The van der Waals surface area contributed by atoms with Gasteiger partial charge in [-0.15, -0.1) is 0 Å². The summed E-state index contributed by atoms with van der Waals surface area (Å²) >= 11 is 0. The highest BCUT2D eigenvalue weighted by Crippen LogP contribution is 2.27. The molecule has 0 aromatic rings. The molecular formula is C10H21F3N2. The molecule has 0 aromatic carbocycles. The van der Waals surface area contributed by atoms with E-state index in [4.69, 9.17) is 5.73 Å². The predicted octanol–water partition coefficient (Wildman–Crippen LogP) is 2.39. The molecule has 2 nitrogen and oxygen atoms in total. The highest BCUT2D eigenvalue weighted by Gasteiger charge is 2.45. The third-order valence-corrected chi connectivity index (χ3v) is 2.25. The van der Waals surface area contributed by atoms with E-state index in [1.165, 1.54) is 11.8 Å². The Morgan fingerprint density at radius 2 is 1.53 bits per heavy atom. The highest BCUT2D eigenvalue weighted by atomic mass is 19.4. The lowest BCUT2D eigenvalue weighted by atomic mass is 10.1. The van der Waals surface area contributed by atoms with Crippen LogP contribution in [0.4, 0.5) is 13.2 Å². The molecule has 2 N–H and O–H groups in total. The second-order valence-corrected chi connectivity index (χ2v) is 3.88. The Labute approximate surface area is 89.6 Å². The Morgan fingerprint density at radius 3 is 1.73 bits per heavy atom. The molecule has 0 amide bonds. The van der Waals surface area contributed by atoms with E-state index < -0.39 is 18.3 Å². The van der Waals surface area contributed by atoms with Gasteiger partial charge in [0.2, 0.25) is 0 Å². The van der Waals surface area contributed by atoms with Crippen molar-refractivity contribution in [2.75, 3.05) is 13.1 Å². The zero-order valence-corrected chi connectivity index (χ0v) is 9.64. The van der Waals surface area contributed by atoms with E-state index >= 15 is 0 Å². The Bertz CT molecular complexity index is 163. The SMILES string of the molecule is CCCN(CCC)C(C(C)N)C(F)(F)F. The predicted molar refractivity (Wildman–Crippen MR) is 55.6 cm³/mol. The molecule has 0 spiro atoms. The Morgan fingerprint density at radius 1 is 1.13 bits per heavy atom. The Balaban J connectivity index is 4.67. The van der Waals surface area contributed by atoms with E-state index in [9.17, 15) is 13.2 Å². The molecule has 0 fully saturated rings. The van der Waals surface area contributed by atoms with E-state index in [-0.39, 0.29) is 0 Å². The number of alkyl halides is 3. The van der Waals surface area contributed by atoms with Crippen molar-refractivity contribution >= 4 is 0 Å². The quantitative estimate of drug-likeness (QED) is 0.753. The Kier molecular flexibility index (Phi) is 6.20. The molecule has 15 heavy (non-hydrogen) atoms. The molecule has 2 unspecified atom stereocenters. The van der Waals surface area contributed by atoms with Gasteiger partial charge in [0.15, 0.2) is 0 Å². The minimum atomic E-state index is -4.24. The van der Waals surface area contributed by atoms with Crippen LogP contribution in [0.15, 0.2) is 0 Å². The van der Waals surface area contributed by atoms with Crippen molar-refractivity contribution < 1.29 is 13.2 Å². The summed E-state index contributed by atoms with van der Waals surface area (Å²) in [6, 6.07) is -2.40. The summed E-state index contributed by atoms with van der Waals surface area (Å²) in [7, 11) is 0. The van der Waals surface area contributed by atoms with Crippen molar-refractivity contribution in [2.45, 2.75) is 51.9 Å². The van der Waals surface area contributed by atoms with Crippen LogP contribution in [0.2, 0.25) is 0 Å². The van der Waals surface area contributed by atoms with Crippen molar-refractivity contribution in [2.24, 2.45) is 5.73 Å². The first-order chi connectivity index (χ1) is 6.84. The van der Waals surface area contributed by atoms with Gasteiger partial charge in [-0.25, -0.2) is 0 Å². The third kappa shape index (κ3) is 4.84. The highest BCUT2D eigenvalue weighted by molar-refractivity contribution is 4.85. The van der Waals surface area contributed by atoms with Crippen LogP contribution in [0.3, 0.4) is 0 Å². The van der Waals surface area contributed by atoms with Crippen LogP contribution >= 0.6 is 0 Å². The zero-order chi connectivity index (χ0) is 12.1. The van der Waals surface area contributed by atoms with Crippen LogP contribution in [0.5, 0.6) is 0 Å². The van der Waals surface area contributed by atoms with Gasteiger partial charge < -0.3 is 5.73 Å². The first-order valence-electron chi connectivity index (χ1n) is 5.40. The number of nitrogens with two attached hydrogens (primary N) is 1. The van der Waals surface area contributed by atoms with Crippen LogP contribution in [-0.2, 0) is 0 Å². The van der Waals surface area contributed by atoms with Gasteiger partial charge in [0.1, 0.15) is 6.04 Å². The summed E-state index contributed by atoms with van der Waals surface area (Å²) in [6.07, 6.45) is -2.82.